The number of piperazine rings is 1. The minimum atomic E-state index is -0.331. The van der Waals surface area contributed by atoms with E-state index in [1.54, 1.807) is 0 Å². The van der Waals surface area contributed by atoms with Crippen LogP contribution in [0.15, 0.2) is 10.9 Å². The Balaban J connectivity index is 2.29. The topological polar surface area (TPSA) is 90.1 Å². The normalized spacial score (nSPS) is 18.9. The van der Waals surface area contributed by atoms with Crippen molar-refractivity contribution in [1.82, 2.24) is 20.6 Å². The fourth-order valence-electron chi connectivity index (χ4n) is 2.31. The summed E-state index contributed by atoms with van der Waals surface area (Å²) in [6.45, 7) is 6.39. The average molecular weight is 279 g/mol. The number of anilines is 1. The Morgan fingerprint density at radius 2 is 2.35 bits per heavy atom. The standard InChI is InChI=1S/C13H21N5O2/c1-3-10-16-11(7-12(19)17-10)18-6-5-14-8-9(18)13(20)15-4-2/h7,9,14H,3-6,8H2,1-2H3,(H,15,20)(H,16,17,19). The lowest BCUT2D eigenvalue weighted by Gasteiger charge is -2.35. The minimum absolute atomic E-state index is 0.0418. The molecule has 2 heterocycles. The van der Waals surface area contributed by atoms with Crippen molar-refractivity contribution in [3.8, 4) is 0 Å². The zero-order valence-corrected chi connectivity index (χ0v) is 11.9. The molecular weight excluding hydrogens is 258 g/mol. The number of hydrogen-bond donors (Lipinski definition) is 3. The molecule has 0 aromatic carbocycles. The predicted molar refractivity (Wildman–Crippen MR) is 76.9 cm³/mol. The maximum absolute atomic E-state index is 12.1. The van der Waals surface area contributed by atoms with Crippen molar-refractivity contribution < 1.29 is 4.79 Å². The van der Waals surface area contributed by atoms with Gasteiger partial charge in [0.15, 0.2) is 0 Å². The van der Waals surface area contributed by atoms with Crippen molar-refractivity contribution in [2.45, 2.75) is 26.3 Å². The van der Waals surface area contributed by atoms with Crippen LogP contribution in [0, 0.1) is 0 Å². The van der Waals surface area contributed by atoms with Gasteiger partial charge < -0.3 is 20.5 Å². The summed E-state index contributed by atoms with van der Waals surface area (Å²) in [5, 5.41) is 6.02. The van der Waals surface area contributed by atoms with Gasteiger partial charge in [0.1, 0.15) is 17.7 Å². The fourth-order valence-corrected chi connectivity index (χ4v) is 2.31. The number of aromatic amines is 1. The first kappa shape index (κ1) is 14.5. The number of carbonyl (C=O) groups excluding carboxylic acids is 1. The Kier molecular flexibility index (Phi) is 4.73. The lowest BCUT2D eigenvalue weighted by atomic mass is 10.1. The highest BCUT2D eigenvalue weighted by molar-refractivity contribution is 5.85. The zero-order valence-electron chi connectivity index (χ0n) is 11.9. The molecule has 0 radical (unpaired) electrons. The molecular formula is C13H21N5O2. The largest absolute Gasteiger partial charge is 0.355 e. The van der Waals surface area contributed by atoms with Crippen molar-refractivity contribution >= 4 is 11.7 Å². The average Bonchev–Trinajstić information content (AvgIpc) is 2.46. The van der Waals surface area contributed by atoms with Crippen LogP contribution >= 0.6 is 0 Å². The molecule has 2 rings (SSSR count). The summed E-state index contributed by atoms with van der Waals surface area (Å²) in [5.74, 6) is 1.17. The summed E-state index contributed by atoms with van der Waals surface area (Å²) in [6.07, 6.45) is 0.654. The molecule has 1 amide bonds. The van der Waals surface area contributed by atoms with Gasteiger partial charge in [-0.2, -0.15) is 0 Å². The molecule has 7 nitrogen and oxygen atoms in total. The number of nitrogens with zero attached hydrogens (tertiary/aromatic N) is 2. The van der Waals surface area contributed by atoms with Gasteiger partial charge in [-0.1, -0.05) is 6.92 Å². The van der Waals surface area contributed by atoms with E-state index in [0.717, 1.165) is 6.54 Å². The van der Waals surface area contributed by atoms with Crippen LogP contribution < -0.4 is 21.1 Å². The molecule has 110 valence electrons. The maximum Gasteiger partial charge on any atom is 0.252 e. The highest BCUT2D eigenvalue weighted by Gasteiger charge is 2.29. The van der Waals surface area contributed by atoms with Crippen LogP contribution in [0.2, 0.25) is 0 Å². The fraction of sp³-hybridized carbons (Fsp3) is 0.615. The van der Waals surface area contributed by atoms with E-state index in [4.69, 9.17) is 0 Å². The number of nitrogens with one attached hydrogen (secondary N) is 3. The van der Waals surface area contributed by atoms with E-state index in [1.165, 1.54) is 6.07 Å². The molecule has 1 aromatic rings. The first-order valence-corrected chi connectivity index (χ1v) is 7.01. The Morgan fingerprint density at radius 1 is 1.55 bits per heavy atom. The molecule has 1 atom stereocenters. The number of amides is 1. The van der Waals surface area contributed by atoms with Crippen molar-refractivity contribution in [2.75, 3.05) is 31.1 Å². The van der Waals surface area contributed by atoms with E-state index in [-0.39, 0.29) is 17.5 Å². The van der Waals surface area contributed by atoms with E-state index in [2.05, 4.69) is 20.6 Å². The lowest BCUT2D eigenvalue weighted by Crippen LogP contribution is -2.58. The molecule has 0 saturated carbocycles. The van der Waals surface area contributed by atoms with Crippen LogP contribution in [-0.2, 0) is 11.2 Å². The summed E-state index contributed by atoms with van der Waals surface area (Å²) in [6, 6.07) is 1.12. The van der Waals surface area contributed by atoms with Crippen molar-refractivity contribution in [3.63, 3.8) is 0 Å². The second-order valence-corrected chi connectivity index (χ2v) is 4.71. The molecule has 1 aliphatic rings. The third kappa shape index (κ3) is 3.16. The van der Waals surface area contributed by atoms with Gasteiger partial charge in [0.2, 0.25) is 5.91 Å². The smallest absolute Gasteiger partial charge is 0.252 e. The Bertz CT molecular complexity index is 528. The van der Waals surface area contributed by atoms with E-state index < -0.39 is 0 Å². The minimum Gasteiger partial charge on any atom is -0.355 e. The first-order valence-electron chi connectivity index (χ1n) is 7.01. The number of carbonyl (C=O) groups is 1. The summed E-state index contributed by atoms with van der Waals surface area (Å²) in [7, 11) is 0. The molecule has 1 unspecified atom stereocenters. The van der Waals surface area contributed by atoms with Gasteiger partial charge in [0.25, 0.3) is 5.56 Å². The van der Waals surface area contributed by atoms with Crippen LogP contribution in [0.5, 0.6) is 0 Å². The van der Waals surface area contributed by atoms with Crippen LogP contribution in [0.4, 0.5) is 5.82 Å². The summed E-state index contributed by atoms with van der Waals surface area (Å²) < 4.78 is 0. The molecule has 0 bridgehead atoms. The van der Waals surface area contributed by atoms with Gasteiger partial charge in [0, 0.05) is 38.7 Å². The Morgan fingerprint density at radius 3 is 3.05 bits per heavy atom. The van der Waals surface area contributed by atoms with E-state index in [1.807, 2.05) is 18.7 Å². The molecule has 1 fully saturated rings. The molecule has 20 heavy (non-hydrogen) atoms. The third-order valence-electron chi connectivity index (χ3n) is 3.30. The Labute approximate surface area is 117 Å². The summed E-state index contributed by atoms with van der Waals surface area (Å²) >= 11 is 0. The Hall–Kier alpha value is -1.89. The van der Waals surface area contributed by atoms with E-state index in [0.29, 0.717) is 37.7 Å². The molecule has 0 aliphatic carbocycles. The quantitative estimate of drug-likeness (QED) is 0.674. The van der Waals surface area contributed by atoms with Crippen molar-refractivity contribution in [1.29, 1.82) is 0 Å². The third-order valence-corrected chi connectivity index (χ3v) is 3.30. The van der Waals surface area contributed by atoms with Gasteiger partial charge in [0.05, 0.1) is 0 Å². The molecule has 0 spiro atoms. The highest BCUT2D eigenvalue weighted by Crippen LogP contribution is 2.14. The van der Waals surface area contributed by atoms with Crippen LogP contribution in [-0.4, -0.2) is 48.1 Å². The number of rotatable bonds is 4. The number of likely N-dealkylation sites (N-methyl/N-ethyl adjacent to an activating group) is 1. The predicted octanol–water partition coefficient (Wildman–Crippen LogP) is -0.753. The molecule has 1 saturated heterocycles. The van der Waals surface area contributed by atoms with Crippen molar-refractivity contribution in [3.05, 3.63) is 22.2 Å². The van der Waals surface area contributed by atoms with Gasteiger partial charge in [-0.3, -0.25) is 9.59 Å². The lowest BCUT2D eigenvalue weighted by molar-refractivity contribution is -0.122. The zero-order chi connectivity index (χ0) is 14.5. The second-order valence-electron chi connectivity index (χ2n) is 4.71. The first-order chi connectivity index (χ1) is 9.65. The highest BCUT2D eigenvalue weighted by atomic mass is 16.2. The number of H-pyrrole nitrogens is 1. The van der Waals surface area contributed by atoms with Crippen molar-refractivity contribution in [2.24, 2.45) is 0 Å². The SMILES string of the molecule is CCNC(=O)C1CNCCN1c1cc(=O)[nH]c(CC)n1. The molecule has 1 aromatic heterocycles. The van der Waals surface area contributed by atoms with Gasteiger partial charge in [-0.15, -0.1) is 0 Å². The van der Waals surface area contributed by atoms with E-state index in [9.17, 15) is 9.59 Å². The monoisotopic (exact) mass is 279 g/mol. The summed E-state index contributed by atoms with van der Waals surface area (Å²) in [5.41, 5.74) is -0.181. The molecule has 1 aliphatic heterocycles. The number of hydrogen-bond acceptors (Lipinski definition) is 5. The number of aryl methyl sites for hydroxylation is 1. The van der Waals surface area contributed by atoms with Crippen LogP contribution in [0.1, 0.15) is 19.7 Å². The van der Waals surface area contributed by atoms with Gasteiger partial charge in [-0.05, 0) is 6.92 Å². The van der Waals surface area contributed by atoms with Gasteiger partial charge >= 0.3 is 0 Å². The molecule has 3 N–H and O–H groups in total. The second kappa shape index (κ2) is 6.51. The van der Waals surface area contributed by atoms with Crippen LogP contribution in [0.25, 0.3) is 0 Å². The van der Waals surface area contributed by atoms with Crippen LogP contribution in [0.3, 0.4) is 0 Å². The molecule has 7 heteroatoms. The maximum atomic E-state index is 12.1. The summed E-state index contributed by atoms with van der Waals surface area (Å²) in [4.78, 5) is 32.8. The number of aromatic nitrogens is 2. The van der Waals surface area contributed by atoms with Gasteiger partial charge in [-0.25, -0.2) is 4.98 Å². The van der Waals surface area contributed by atoms with E-state index >= 15 is 0 Å².